The number of hydrogen-bond acceptors (Lipinski definition) is 2. The molecule has 1 aliphatic rings. The second kappa shape index (κ2) is 7.93. The standard InChI is InChI=1S/C18H16Cl2FN3O2/c19-13-9-12(10-14(20)11-13)17(25)23-5-7-24(8-6-23)18(26)22-16-3-1-15(21)2-4-16/h1-4,9-11H,5-8H2,(H,22,26). The number of nitrogens with one attached hydrogen (secondary N) is 1. The molecule has 0 saturated carbocycles. The molecule has 0 radical (unpaired) electrons. The summed E-state index contributed by atoms with van der Waals surface area (Å²) in [6.07, 6.45) is 0. The first-order valence-electron chi connectivity index (χ1n) is 7.99. The monoisotopic (exact) mass is 395 g/mol. The molecule has 136 valence electrons. The summed E-state index contributed by atoms with van der Waals surface area (Å²) in [5, 5.41) is 3.51. The second-order valence-corrected chi connectivity index (χ2v) is 6.75. The van der Waals surface area contributed by atoms with Gasteiger partial charge in [0, 0.05) is 47.5 Å². The summed E-state index contributed by atoms with van der Waals surface area (Å²) in [6.45, 7) is 1.60. The van der Waals surface area contributed by atoms with E-state index in [1.54, 1.807) is 28.0 Å². The van der Waals surface area contributed by atoms with Gasteiger partial charge in [0.25, 0.3) is 5.91 Å². The Morgan fingerprint density at radius 2 is 1.42 bits per heavy atom. The molecule has 5 nitrogen and oxygen atoms in total. The Morgan fingerprint density at radius 1 is 0.885 bits per heavy atom. The van der Waals surface area contributed by atoms with E-state index in [9.17, 15) is 14.0 Å². The van der Waals surface area contributed by atoms with E-state index < -0.39 is 0 Å². The number of rotatable bonds is 2. The Labute approximate surface area is 160 Å². The number of hydrogen-bond donors (Lipinski definition) is 1. The van der Waals surface area contributed by atoms with Gasteiger partial charge in [0.2, 0.25) is 0 Å². The maximum absolute atomic E-state index is 12.9. The summed E-state index contributed by atoms with van der Waals surface area (Å²) in [5.41, 5.74) is 0.940. The smallest absolute Gasteiger partial charge is 0.321 e. The van der Waals surface area contributed by atoms with Crippen molar-refractivity contribution < 1.29 is 14.0 Å². The number of urea groups is 1. The van der Waals surface area contributed by atoms with Crippen molar-refractivity contribution in [1.82, 2.24) is 9.80 Å². The van der Waals surface area contributed by atoms with Gasteiger partial charge in [-0.05, 0) is 42.5 Å². The molecule has 0 spiro atoms. The number of amides is 3. The number of halogens is 3. The van der Waals surface area contributed by atoms with Crippen LogP contribution in [0.1, 0.15) is 10.4 Å². The molecular weight excluding hydrogens is 380 g/mol. The van der Waals surface area contributed by atoms with Gasteiger partial charge in [-0.1, -0.05) is 23.2 Å². The van der Waals surface area contributed by atoms with Crippen LogP contribution in [0.2, 0.25) is 10.0 Å². The lowest BCUT2D eigenvalue weighted by atomic mass is 10.2. The lowest BCUT2D eigenvalue weighted by Gasteiger charge is -2.34. The molecule has 1 N–H and O–H groups in total. The van der Waals surface area contributed by atoms with Crippen LogP contribution in [0.3, 0.4) is 0 Å². The number of carbonyl (C=O) groups is 2. The van der Waals surface area contributed by atoms with Crippen LogP contribution in [0.15, 0.2) is 42.5 Å². The maximum atomic E-state index is 12.9. The van der Waals surface area contributed by atoms with Crippen molar-refractivity contribution in [3.8, 4) is 0 Å². The van der Waals surface area contributed by atoms with Crippen LogP contribution in [0.4, 0.5) is 14.9 Å². The fourth-order valence-corrected chi connectivity index (χ4v) is 3.23. The van der Waals surface area contributed by atoms with Crippen LogP contribution < -0.4 is 5.32 Å². The van der Waals surface area contributed by atoms with E-state index in [-0.39, 0.29) is 17.8 Å². The summed E-state index contributed by atoms with van der Waals surface area (Å²) in [6, 6.07) is 9.98. The molecule has 3 rings (SSSR count). The van der Waals surface area contributed by atoms with E-state index in [0.29, 0.717) is 47.5 Å². The number of anilines is 1. The van der Waals surface area contributed by atoms with Crippen LogP contribution in [0.5, 0.6) is 0 Å². The summed E-state index contributed by atoms with van der Waals surface area (Å²) < 4.78 is 12.9. The topological polar surface area (TPSA) is 52.7 Å². The van der Waals surface area contributed by atoms with Gasteiger partial charge in [-0.3, -0.25) is 4.79 Å². The normalized spacial score (nSPS) is 14.3. The third-order valence-corrected chi connectivity index (χ3v) is 4.50. The molecule has 1 aliphatic heterocycles. The summed E-state index contributed by atoms with van der Waals surface area (Å²) in [7, 11) is 0. The molecule has 1 saturated heterocycles. The lowest BCUT2D eigenvalue weighted by molar-refractivity contribution is 0.0671. The third kappa shape index (κ3) is 4.45. The quantitative estimate of drug-likeness (QED) is 0.830. The van der Waals surface area contributed by atoms with Crippen LogP contribution >= 0.6 is 23.2 Å². The minimum atomic E-state index is -0.365. The minimum absolute atomic E-state index is 0.173. The predicted molar refractivity (Wildman–Crippen MR) is 99.4 cm³/mol. The highest BCUT2D eigenvalue weighted by Gasteiger charge is 2.25. The molecule has 26 heavy (non-hydrogen) atoms. The summed E-state index contributed by atoms with van der Waals surface area (Å²) in [4.78, 5) is 28.1. The van der Waals surface area contributed by atoms with Crippen LogP contribution in [0.25, 0.3) is 0 Å². The molecule has 1 fully saturated rings. The molecule has 2 aromatic rings. The van der Waals surface area contributed by atoms with Crippen LogP contribution in [-0.4, -0.2) is 47.9 Å². The van der Waals surface area contributed by atoms with Crippen molar-refractivity contribution in [2.24, 2.45) is 0 Å². The van der Waals surface area contributed by atoms with Gasteiger partial charge < -0.3 is 15.1 Å². The van der Waals surface area contributed by atoms with Crippen LogP contribution in [-0.2, 0) is 0 Å². The van der Waals surface area contributed by atoms with Crippen LogP contribution in [0, 0.1) is 5.82 Å². The van der Waals surface area contributed by atoms with Gasteiger partial charge in [-0.2, -0.15) is 0 Å². The van der Waals surface area contributed by atoms with Gasteiger partial charge in [-0.25, -0.2) is 9.18 Å². The first-order chi connectivity index (χ1) is 12.4. The fourth-order valence-electron chi connectivity index (χ4n) is 2.71. The van der Waals surface area contributed by atoms with Gasteiger partial charge in [0.05, 0.1) is 0 Å². The molecule has 0 bridgehead atoms. The summed E-state index contributed by atoms with van der Waals surface area (Å²) in [5.74, 6) is -0.538. The zero-order chi connectivity index (χ0) is 18.7. The molecular formula is C18H16Cl2FN3O2. The Hall–Kier alpha value is -2.31. The maximum Gasteiger partial charge on any atom is 0.321 e. The van der Waals surface area contributed by atoms with E-state index in [1.807, 2.05) is 0 Å². The lowest BCUT2D eigenvalue weighted by Crippen LogP contribution is -2.51. The number of benzene rings is 2. The van der Waals surface area contributed by atoms with E-state index in [4.69, 9.17) is 23.2 Å². The van der Waals surface area contributed by atoms with E-state index >= 15 is 0 Å². The zero-order valence-electron chi connectivity index (χ0n) is 13.7. The van der Waals surface area contributed by atoms with Crippen molar-refractivity contribution in [2.45, 2.75) is 0 Å². The molecule has 1 heterocycles. The molecule has 8 heteroatoms. The fraction of sp³-hybridized carbons (Fsp3) is 0.222. The third-order valence-electron chi connectivity index (χ3n) is 4.06. The number of nitrogens with zero attached hydrogens (tertiary/aromatic N) is 2. The van der Waals surface area contributed by atoms with Crippen molar-refractivity contribution in [1.29, 1.82) is 0 Å². The highest BCUT2D eigenvalue weighted by molar-refractivity contribution is 6.35. The Bertz CT molecular complexity index is 801. The van der Waals surface area contributed by atoms with E-state index in [0.717, 1.165) is 0 Å². The molecule has 0 aliphatic carbocycles. The zero-order valence-corrected chi connectivity index (χ0v) is 15.2. The second-order valence-electron chi connectivity index (χ2n) is 5.87. The van der Waals surface area contributed by atoms with Gasteiger partial charge >= 0.3 is 6.03 Å². The molecule has 0 unspecified atom stereocenters. The van der Waals surface area contributed by atoms with E-state index in [1.165, 1.54) is 24.3 Å². The Balaban J connectivity index is 1.57. The number of piperazine rings is 1. The van der Waals surface area contributed by atoms with Crippen molar-refractivity contribution >= 4 is 40.8 Å². The average Bonchev–Trinajstić information content (AvgIpc) is 2.62. The highest BCUT2D eigenvalue weighted by atomic mass is 35.5. The van der Waals surface area contributed by atoms with E-state index in [2.05, 4.69) is 5.32 Å². The van der Waals surface area contributed by atoms with Crippen molar-refractivity contribution in [3.05, 3.63) is 63.9 Å². The average molecular weight is 396 g/mol. The highest BCUT2D eigenvalue weighted by Crippen LogP contribution is 2.21. The predicted octanol–water partition coefficient (Wildman–Crippen LogP) is 4.12. The molecule has 0 atom stereocenters. The Morgan fingerprint density at radius 3 is 2.00 bits per heavy atom. The van der Waals surface area contributed by atoms with Crippen molar-refractivity contribution in [2.75, 3.05) is 31.5 Å². The van der Waals surface area contributed by atoms with Crippen molar-refractivity contribution in [3.63, 3.8) is 0 Å². The molecule has 3 amide bonds. The first kappa shape index (κ1) is 18.5. The number of carbonyl (C=O) groups excluding carboxylic acids is 2. The van der Waals surface area contributed by atoms with Gasteiger partial charge in [0.1, 0.15) is 5.82 Å². The van der Waals surface area contributed by atoms with Gasteiger partial charge in [0.15, 0.2) is 0 Å². The summed E-state index contributed by atoms with van der Waals surface area (Å²) >= 11 is 11.9. The first-order valence-corrected chi connectivity index (χ1v) is 8.75. The minimum Gasteiger partial charge on any atom is -0.335 e. The molecule has 0 aromatic heterocycles. The SMILES string of the molecule is O=C(Nc1ccc(F)cc1)N1CCN(C(=O)c2cc(Cl)cc(Cl)c2)CC1. The van der Waals surface area contributed by atoms with Gasteiger partial charge in [-0.15, -0.1) is 0 Å². The molecule has 2 aromatic carbocycles. The largest absolute Gasteiger partial charge is 0.335 e. The Kier molecular flexibility index (Phi) is 5.64.